The Bertz CT molecular complexity index is 948. The predicted octanol–water partition coefficient (Wildman–Crippen LogP) is 3.40. The van der Waals surface area contributed by atoms with Crippen molar-refractivity contribution in [1.29, 1.82) is 0 Å². The summed E-state index contributed by atoms with van der Waals surface area (Å²) in [6.45, 7) is 3.65. The molecular formula is C19H17N3O2. The van der Waals surface area contributed by atoms with Crippen molar-refractivity contribution in [3.63, 3.8) is 0 Å². The Hall–Kier alpha value is -3.21. The van der Waals surface area contributed by atoms with Crippen molar-refractivity contribution < 1.29 is 9.90 Å². The third-order valence-electron chi connectivity index (χ3n) is 3.70. The van der Waals surface area contributed by atoms with Gasteiger partial charge in [0.15, 0.2) is 0 Å². The quantitative estimate of drug-likeness (QED) is 0.574. The van der Waals surface area contributed by atoms with Crippen LogP contribution in [0.5, 0.6) is 5.75 Å². The number of para-hydroxylation sites is 1. The molecule has 3 rings (SSSR count). The number of pyridine rings is 1. The molecule has 0 unspecified atom stereocenters. The molecule has 1 aromatic heterocycles. The third kappa shape index (κ3) is 3.25. The molecule has 0 saturated carbocycles. The molecule has 0 aliphatic carbocycles. The highest BCUT2D eigenvalue weighted by atomic mass is 16.3. The lowest BCUT2D eigenvalue weighted by Crippen LogP contribution is -2.20. The van der Waals surface area contributed by atoms with Gasteiger partial charge in [-0.15, -0.1) is 0 Å². The van der Waals surface area contributed by atoms with Crippen molar-refractivity contribution in [3.05, 3.63) is 71.4 Å². The molecule has 0 aliphatic rings. The molecule has 0 radical (unpaired) electrons. The first-order valence-corrected chi connectivity index (χ1v) is 7.55. The number of nitrogens with one attached hydrogen (secondary N) is 1. The highest BCUT2D eigenvalue weighted by molar-refractivity contribution is 6.02. The van der Waals surface area contributed by atoms with Crippen LogP contribution in [-0.2, 0) is 0 Å². The standard InChI is InChI=1S/C19H17N3O2/c1-12-7-10-18(23)15(11-12)13(2)21-22-19(24)17-9-8-14-5-3-4-6-16(14)20-17/h3-11,23H,1-2H3,(H,22,24)/b21-13+. The number of carbonyl (C=O) groups excluding carboxylic acids is 1. The van der Waals surface area contributed by atoms with Gasteiger partial charge in [0.1, 0.15) is 11.4 Å². The molecule has 24 heavy (non-hydrogen) atoms. The van der Waals surface area contributed by atoms with Gasteiger partial charge in [-0.05, 0) is 38.1 Å². The second-order valence-corrected chi connectivity index (χ2v) is 5.55. The maximum atomic E-state index is 12.2. The molecule has 5 nitrogen and oxygen atoms in total. The molecule has 2 aromatic carbocycles. The van der Waals surface area contributed by atoms with Gasteiger partial charge in [-0.25, -0.2) is 10.4 Å². The van der Waals surface area contributed by atoms with Crippen LogP contribution < -0.4 is 5.43 Å². The number of benzene rings is 2. The number of nitrogens with zero attached hydrogens (tertiary/aromatic N) is 2. The van der Waals surface area contributed by atoms with Gasteiger partial charge in [0.25, 0.3) is 5.91 Å². The smallest absolute Gasteiger partial charge is 0.289 e. The summed E-state index contributed by atoms with van der Waals surface area (Å²) in [5.74, 6) is -0.271. The van der Waals surface area contributed by atoms with Gasteiger partial charge in [0, 0.05) is 10.9 Å². The summed E-state index contributed by atoms with van der Waals surface area (Å²) in [5, 5.41) is 14.9. The van der Waals surface area contributed by atoms with Crippen LogP contribution in [0.4, 0.5) is 0 Å². The van der Waals surface area contributed by atoms with Gasteiger partial charge in [-0.3, -0.25) is 4.79 Å². The van der Waals surface area contributed by atoms with Crippen molar-refractivity contribution in [2.24, 2.45) is 5.10 Å². The Kier molecular flexibility index (Phi) is 4.24. The maximum Gasteiger partial charge on any atom is 0.289 e. The zero-order valence-electron chi connectivity index (χ0n) is 13.4. The van der Waals surface area contributed by atoms with E-state index >= 15 is 0 Å². The van der Waals surface area contributed by atoms with Crippen LogP contribution >= 0.6 is 0 Å². The zero-order chi connectivity index (χ0) is 17.1. The molecule has 0 saturated heterocycles. The van der Waals surface area contributed by atoms with E-state index in [2.05, 4.69) is 15.5 Å². The molecule has 0 bridgehead atoms. The Labute approximate surface area is 139 Å². The fraction of sp³-hybridized carbons (Fsp3) is 0.105. The normalized spacial score (nSPS) is 11.5. The van der Waals surface area contributed by atoms with Crippen molar-refractivity contribution in [2.45, 2.75) is 13.8 Å². The molecule has 0 atom stereocenters. The number of hydrogen-bond acceptors (Lipinski definition) is 4. The van der Waals surface area contributed by atoms with E-state index < -0.39 is 5.91 Å². The molecule has 0 fully saturated rings. The second-order valence-electron chi connectivity index (χ2n) is 5.55. The minimum absolute atomic E-state index is 0.125. The third-order valence-corrected chi connectivity index (χ3v) is 3.70. The second kappa shape index (κ2) is 6.50. The monoisotopic (exact) mass is 319 g/mol. The fourth-order valence-electron chi connectivity index (χ4n) is 2.38. The van der Waals surface area contributed by atoms with Gasteiger partial charge in [-0.1, -0.05) is 35.9 Å². The first kappa shape index (κ1) is 15.7. The number of hydrogen-bond donors (Lipinski definition) is 2. The molecule has 0 spiro atoms. The number of phenolic OH excluding ortho intramolecular Hbond substituents is 1. The summed E-state index contributed by atoms with van der Waals surface area (Å²) in [6, 6.07) is 16.3. The molecule has 3 aromatic rings. The first-order chi connectivity index (χ1) is 11.5. The van der Waals surface area contributed by atoms with Crippen LogP contribution in [0, 0.1) is 6.92 Å². The number of rotatable bonds is 3. The van der Waals surface area contributed by atoms with E-state index in [0.29, 0.717) is 17.0 Å². The van der Waals surface area contributed by atoms with Crippen molar-refractivity contribution in [1.82, 2.24) is 10.4 Å². The van der Waals surface area contributed by atoms with E-state index in [9.17, 15) is 9.90 Å². The number of hydrazone groups is 1. The molecule has 120 valence electrons. The van der Waals surface area contributed by atoms with Crippen molar-refractivity contribution in [2.75, 3.05) is 0 Å². The maximum absolute atomic E-state index is 12.2. The first-order valence-electron chi connectivity index (χ1n) is 7.55. The summed E-state index contributed by atoms with van der Waals surface area (Å²) in [7, 11) is 0. The van der Waals surface area contributed by atoms with Crippen LogP contribution in [0.25, 0.3) is 10.9 Å². The minimum Gasteiger partial charge on any atom is -0.507 e. The summed E-state index contributed by atoms with van der Waals surface area (Å²) < 4.78 is 0. The van der Waals surface area contributed by atoms with Gasteiger partial charge >= 0.3 is 0 Å². The summed E-state index contributed by atoms with van der Waals surface area (Å²) in [6.07, 6.45) is 0. The lowest BCUT2D eigenvalue weighted by molar-refractivity contribution is 0.0950. The number of aromatic hydroxyl groups is 1. The Morgan fingerprint density at radius 1 is 1.12 bits per heavy atom. The topological polar surface area (TPSA) is 74.6 Å². The Morgan fingerprint density at radius 3 is 2.75 bits per heavy atom. The van der Waals surface area contributed by atoms with Crippen molar-refractivity contribution in [3.8, 4) is 5.75 Å². The van der Waals surface area contributed by atoms with Gasteiger partial charge in [0.2, 0.25) is 0 Å². The molecule has 0 aliphatic heterocycles. The van der Waals surface area contributed by atoms with Crippen LogP contribution in [0.2, 0.25) is 0 Å². The van der Waals surface area contributed by atoms with Gasteiger partial charge < -0.3 is 5.11 Å². The summed E-state index contributed by atoms with van der Waals surface area (Å²) in [4.78, 5) is 16.6. The molecule has 1 amide bonds. The van der Waals surface area contributed by atoms with Crippen molar-refractivity contribution >= 4 is 22.5 Å². The van der Waals surface area contributed by atoms with Crippen LogP contribution in [0.3, 0.4) is 0 Å². The molecular weight excluding hydrogens is 302 g/mol. The van der Waals surface area contributed by atoms with Crippen LogP contribution in [0.1, 0.15) is 28.5 Å². The molecule has 1 heterocycles. The lowest BCUT2D eigenvalue weighted by atomic mass is 10.1. The van der Waals surface area contributed by atoms with E-state index in [1.165, 1.54) is 0 Å². The average Bonchev–Trinajstić information content (AvgIpc) is 2.61. The van der Waals surface area contributed by atoms with E-state index in [0.717, 1.165) is 16.5 Å². The highest BCUT2D eigenvalue weighted by Gasteiger charge is 2.09. The largest absolute Gasteiger partial charge is 0.507 e. The number of carbonyl (C=O) groups is 1. The van der Waals surface area contributed by atoms with E-state index in [4.69, 9.17) is 0 Å². The molecule has 5 heteroatoms. The zero-order valence-corrected chi connectivity index (χ0v) is 13.4. The van der Waals surface area contributed by atoms with E-state index in [-0.39, 0.29) is 5.75 Å². The van der Waals surface area contributed by atoms with Gasteiger partial charge in [-0.2, -0.15) is 5.10 Å². The van der Waals surface area contributed by atoms with E-state index in [1.807, 2.05) is 49.4 Å². The Balaban J connectivity index is 1.81. The average molecular weight is 319 g/mol. The number of phenols is 1. The van der Waals surface area contributed by atoms with Gasteiger partial charge in [0.05, 0.1) is 11.2 Å². The lowest BCUT2D eigenvalue weighted by Gasteiger charge is -2.06. The Morgan fingerprint density at radius 2 is 1.92 bits per heavy atom. The summed E-state index contributed by atoms with van der Waals surface area (Å²) in [5.41, 5.74) is 5.63. The summed E-state index contributed by atoms with van der Waals surface area (Å²) >= 11 is 0. The minimum atomic E-state index is -0.396. The highest BCUT2D eigenvalue weighted by Crippen LogP contribution is 2.19. The van der Waals surface area contributed by atoms with Crippen LogP contribution in [-0.4, -0.2) is 21.7 Å². The molecule has 2 N–H and O–H groups in total. The number of aromatic nitrogens is 1. The SMILES string of the molecule is C/C(=N\NC(=O)c1ccc2ccccc2n1)c1cc(C)ccc1O. The number of amides is 1. The fourth-order valence-corrected chi connectivity index (χ4v) is 2.38. The number of fused-ring (bicyclic) bond motifs is 1. The van der Waals surface area contributed by atoms with E-state index in [1.54, 1.807) is 19.1 Å². The number of aryl methyl sites for hydroxylation is 1. The predicted molar refractivity (Wildman–Crippen MR) is 94.3 cm³/mol. The van der Waals surface area contributed by atoms with Crippen LogP contribution in [0.15, 0.2) is 59.7 Å².